The smallest absolute Gasteiger partial charge is 0.0799 e. The van der Waals surface area contributed by atoms with E-state index >= 15 is 0 Å². The van der Waals surface area contributed by atoms with Crippen molar-refractivity contribution in [1.29, 1.82) is 0 Å². The van der Waals surface area contributed by atoms with Crippen molar-refractivity contribution in [3.05, 3.63) is 65.6 Å². The van der Waals surface area contributed by atoms with Crippen molar-refractivity contribution in [2.75, 3.05) is 13.1 Å². The van der Waals surface area contributed by atoms with Crippen molar-refractivity contribution in [2.45, 2.75) is 32.2 Å². The summed E-state index contributed by atoms with van der Waals surface area (Å²) in [5, 5.41) is 1.33. The average molecular weight is 305 g/mol. The second-order valence-electron chi connectivity index (χ2n) is 6.46. The zero-order valence-electron chi connectivity index (χ0n) is 13.6. The van der Waals surface area contributed by atoms with Gasteiger partial charge < -0.3 is 4.98 Å². The lowest BCUT2D eigenvalue weighted by Gasteiger charge is -2.34. The summed E-state index contributed by atoms with van der Waals surface area (Å²) >= 11 is 0. The molecule has 1 atom stereocenters. The van der Waals surface area contributed by atoms with Crippen LogP contribution in [0.5, 0.6) is 0 Å². The fourth-order valence-electron chi connectivity index (χ4n) is 3.88. The molecule has 3 nitrogen and oxygen atoms in total. The van der Waals surface area contributed by atoms with Gasteiger partial charge in [0.05, 0.1) is 11.7 Å². The second-order valence-corrected chi connectivity index (χ2v) is 6.46. The van der Waals surface area contributed by atoms with Crippen LogP contribution >= 0.6 is 0 Å². The van der Waals surface area contributed by atoms with Crippen LogP contribution in [-0.4, -0.2) is 28.0 Å². The number of nitrogens with zero attached hydrogens (tertiary/aromatic N) is 2. The van der Waals surface area contributed by atoms with Crippen molar-refractivity contribution < 1.29 is 0 Å². The molecular weight excluding hydrogens is 282 g/mol. The number of pyridine rings is 1. The molecule has 0 bridgehead atoms. The van der Waals surface area contributed by atoms with Gasteiger partial charge in [-0.05, 0) is 51.1 Å². The van der Waals surface area contributed by atoms with Gasteiger partial charge in [0.25, 0.3) is 0 Å². The van der Waals surface area contributed by atoms with Crippen molar-refractivity contribution in [1.82, 2.24) is 14.9 Å². The molecule has 4 rings (SSSR count). The van der Waals surface area contributed by atoms with Crippen LogP contribution < -0.4 is 0 Å². The van der Waals surface area contributed by atoms with Crippen molar-refractivity contribution >= 4 is 10.9 Å². The highest BCUT2D eigenvalue weighted by Crippen LogP contribution is 2.36. The van der Waals surface area contributed by atoms with Gasteiger partial charge >= 0.3 is 0 Å². The van der Waals surface area contributed by atoms with E-state index in [1.807, 2.05) is 12.3 Å². The lowest BCUT2D eigenvalue weighted by molar-refractivity contribution is 0.185. The van der Waals surface area contributed by atoms with Crippen LogP contribution in [0.15, 0.2) is 48.7 Å². The first-order valence-corrected chi connectivity index (χ1v) is 8.57. The van der Waals surface area contributed by atoms with Crippen LogP contribution in [-0.2, 0) is 0 Å². The van der Waals surface area contributed by atoms with Crippen molar-refractivity contribution in [2.24, 2.45) is 0 Å². The number of aryl methyl sites for hydroxylation is 1. The molecule has 1 saturated heterocycles. The maximum Gasteiger partial charge on any atom is 0.0799 e. The molecule has 1 aromatic carbocycles. The van der Waals surface area contributed by atoms with Gasteiger partial charge in [0, 0.05) is 28.4 Å². The number of benzene rings is 1. The lowest BCUT2D eigenvalue weighted by atomic mass is 9.96. The molecule has 3 heterocycles. The number of hydrogen-bond acceptors (Lipinski definition) is 2. The summed E-state index contributed by atoms with van der Waals surface area (Å²) in [7, 11) is 0. The quantitative estimate of drug-likeness (QED) is 0.775. The molecule has 1 fully saturated rings. The summed E-state index contributed by atoms with van der Waals surface area (Å²) in [5.74, 6) is 0. The van der Waals surface area contributed by atoms with Gasteiger partial charge in [-0.2, -0.15) is 0 Å². The zero-order valence-corrected chi connectivity index (χ0v) is 13.6. The second kappa shape index (κ2) is 6.17. The molecule has 0 spiro atoms. The minimum Gasteiger partial charge on any atom is -0.358 e. The maximum atomic E-state index is 4.70. The first-order chi connectivity index (χ1) is 11.3. The monoisotopic (exact) mass is 305 g/mol. The van der Waals surface area contributed by atoms with Crippen molar-refractivity contribution in [3.8, 4) is 0 Å². The SMILES string of the molecule is Cc1[nH]c2ccccc2c1C(c1ccccn1)N1CCCCC1. The highest BCUT2D eigenvalue weighted by molar-refractivity contribution is 5.85. The topological polar surface area (TPSA) is 31.9 Å². The Morgan fingerprint density at radius 1 is 1.00 bits per heavy atom. The summed E-state index contributed by atoms with van der Waals surface area (Å²) in [6.45, 7) is 4.50. The van der Waals surface area contributed by atoms with E-state index in [-0.39, 0.29) is 6.04 Å². The fourth-order valence-corrected chi connectivity index (χ4v) is 3.88. The molecule has 3 heteroatoms. The van der Waals surface area contributed by atoms with Crippen LogP contribution in [0.1, 0.15) is 42.3 Å². The molecule has 0 saturated carbocycles. The summed E-state index contributed by atoms with van der Waals surface area (Å²) in [6, 6.07) is 15.1. The minimum absolute atomic E-state index is 0.243. The summed E-state index contributed by atoms with van der Waals surface area (Å²) < 4.78 is 0. The van der Waals surface area contributed by atoms with Gasteiger partial charge in [-0.3, -0.25) is 9.88 Å². The van der Waals surface area contributed by atoms with E-state index in [9.17, 15) is 0 Å². The van der Waals surface area contributed by atoms with Crippen LogP contribution in [0, 0.1) is 6.92 Å². The fraction of sp³-hybridized carbons (Fsp3) is 0.350. The minimum atomic E-state index is 0.243. The molecule has 1 aliphatic heterocycles. The largest absolute Gasteiger partial charge is 0.358 e. The van der Waals surface area contributed by atoms with Gasteiger partial charge in [-0.1, -0.05) is 30.7 Å². The molecule has 2 aromatic heterocycles. The number of piperidine rings is 1. The summed E-state index contributed by atoms with van der Waals surface area (Å²) in [5.41, 5.74) is 5.02. The van der Waals surface area contributed by atoms with E-state index in [4.69, 9.17) is 4.98 Å². The number of hydrogen-bond donors (Lipinski definition) is 1. The number of H-pyrrole nitrogens is 1. The van der Waals surface area contributed by atoms with Gasteiger partial charge in [0.2, 0.25) is 0 Å². The maximum absolute atomic E-state index is 4.70. The third kappa shape index (κ3) is 2.66. The van der Waals surface area contributed by atoms with E-state index < -0.39 is 0 Å². The van der Waals surface area contributed by atoms with Gasteiger partial charge in [0.15, 0.2) is 0 Å². The van der Waals surface area contributed by atoms with E-state index in [1.54, 1.807) is 0 Å². The molecule has 1 aliphatic rings. The number of nitrogens with one attached hydrogen (secondary N) is 1. The number of fused-ring (bicyclic) bond motifs is 1. The third-order valence-corrected chi connectivity index (χ3v) is 4.94. The lowest BCUT2D eigenvalue weighted by Crippen LogP contribution is -2.35. The predicted molar refractivity (Wildman–Crippen MR) is 94.5 cm³/mol. The first kappa shape index (κ1) is 14.5. The van der Waals surface area contributed by atoms with Crippen LogP contribution in [0.3, 0.4) is 0 Å². The Morgan fingerprint density at radius 3 is 2.57 bits per heavy atom. The average Bonchev–Trinajstić information content (AvgIpc) is 2.94. The Labute approximate surface area is 137 Å². The van der Waals surface area contributed by atoms with E-state index in [1.165, 1.54) is 41.4 Å². The molecule has 118 valence electrons. The van der Waals surface area contributed by atoms with Gasteiger partial charge in [0.1, 0.15) is 0 Å². The Balaban J connectivity index is 1.88. The first-order valence-electron chi connectivity index (χ1n) is 8.57. The molecule has 23 heavy (non-hydrogen) atoms. The zero-order chi connectivity index (χ0) is 15.6. The molecule has 1 unspecified atom stereocenters. The third-order valence-electron chi connectivity index (χ3n) is 4.94. The Kier molecular flexibility index (Phi) is 3.88. The molecule has 1 N–H and O–H groups in total. The number of aromatic amines is 1. The Hall–Kier alpha value is -2.13. The highest BCUT2D eigenvalue weighted by atomic mass is 15.2. The van der Waals surface area contributed by atoms with Crippen LogP contribution in [0.4, 0.5) is 0 Å². The molecule has 3 aromatic rings. The van der Waals surface area contributed by atoms with Crippen LogP contribution in [0.25, 0.3) is 10.9 Å². The Morgan fingerprint density at radius 2 is 1.78 bits per heavy atom. The number of rotatable bonds is 3. The standard InChI is InChI=1S/C20H23N3/c1-15-19(16-9-3-4-10-17(16)22-15)20(18-11-5-6-12-21-18)23-13-7-2-8-14-23/h3-6,9-12,20,22H,2,7-8,13-14H2,1H3. The number of aromatic nitrogens is 2. The molecular formula is C20H23N3. The van der Waals surface area contributed by atoms with Gasteiger partial charge in [-0.15, -0.1) is 0 Å². The summed E-state index contributed by atoms with van der Waals surface area (Å²) in [4.78, 5) is 10.9. The van der Waals surface area contributed by atoms with E-state index in [0.29, 0.717) is 0 Å². The molecule has 0 amide bonds. The van der Waals surface area contributed by atoms with E-state index in [0.717, 1.165) is 18.8 Å². The molecule has 0 radical (unpaired) electrons. The van der Waals surface area contributed by atoms with Crippen molar-refractivity contribution in [3.63, 3.8) is 0 Å². The Bertz CT molecular complexity index is 785. The normalized spacial score (nSPS) is 17.4. The predicted octanol–water partition coefficient (Wildman–Crippen LogP) is 4.45. The number of likely N-dealkylation sites (tertiary alicyclic amines) is 1. The van der Waals surface area contributed by atoms with Crippen LogP contribution in [0.2, 0.25) is 0 Å². The molecule has 0 aliphatic carbocycles. The van der Waals surface area contributed by atoms with Gasteiger partial charge in [-0.25, -0.2) is 0 Å². The summed E-state index contributed by atoms with van der Waals surface area (Å²) in [6.07, 6.45) is 5.82. The van der Waals surface area contributed by atoms with E-state index in [2.05, 4.69) is 53.2 Å². The number of para-hydroxylation sites is 1. The highest BCUT2D eigenvalue weighted by Gasteiger charge is 2.28.